The smallest absolute Gasteiger partial charge is 0.407 e. The number of alkyl carbamates (subject to hydrolysis) is 1. The molecule has 2 saturated carbocycles. The molecule has 2 saturated heterocycles. The third-order valence-corrected chi connectivity index (χ3v) is 20.3. The van der Waals surface area contributed by atoms with E-state index >= 15 is 0 Å². The number of para-hydroxylation sites is 2. The van der Waals surface area contributed by atoms with Gasteiger partial charge >= 0.3 is 12.1 Å². The number of carbonyl (C=O) groups is 2. The quantitative estimate of drug-likeness (QED) is 0.0314. The average molecular weight is 1330 g/mol. The molecule has 4 heterocycles. The molecular formula is C63H80Cl5N11O6P2. The van der Waals surface area contributed by atoms with Gasteiger partial charge in [0.15, 0.2) is 11.6 Å². The Labute approximate surface area is 537 Å². The van der Waals surface area contributed by atoms with Crippen LogP contribution in [-0.2, 0) is 23.4 Å². The minimum Gasteiger partial charge on any atom is -0.460 e. The summed E-state index contributed by atoms with van der Waals surface area (Å²) < 4.78 is 35.9. The fraction of sp³-hybridized carbons (Fsp3) is 0.460. The Hall–Kier alpha value is -5.51. The van der Waals surface area contributed by atoms with Gasteiger partial charge in [-0.25, -0.2) is 14.8 Å². The van der Waals surface area contributed by atoms with Crippen molar-refractivity contribution in [3.05, 3.63) is 123 Å². The molecule has 4 fully saturated rings. The van der Waals surface area contributed by atoms with Crippen molar-refractivity contribution in [2.75, 3.05) is 84.3 Å². The topological polar surface area (TPSA) is 219 Å². The summed E-state index contributed by atoms with van der Waals surface area (Å²) in [6.45, 7) is 22.1. The van der Waals surface area contributed by atoms with Crippen molar-refractivity contribution in [3.63, 3.8) is 0 Å². The van der Waals surface area contributed by atoms with Crippen LogP contribution in [0.1, 0.15) is 99.3 Å². The van der Waals surface area contributed by atoms with E-state index in [1.807, 2.05) is 126 Å². The lowest BCUT2D eigenvalue weighted by Crippen LogP contribution is -2.55. The molecular weight excluding hydrogens is 1250 g/mol. The average Bonchev–Trinajstić information content (AvgIpc) is 1.23. The van der Waals surface area contributed by atoms with Gasteiger partial charge in [-0.1, -0.05) is 70.7 Å². The molecule has 4 aromatic carbocycles. The second-order valence-corrected chi connectivity index (χ2v) is 34.3. The van der Waals surface area contributed by atoms with Crippen LogP contribution in [0, 0.1) is 16.7 Å². The van der Waals surface area contributed by atoms with E-state index in [2.05, 4.69) is 51.0 Å². The van der Waals surface area contributed by atoms with Crippen LogP contribution in [0.4, 0.5) is 56.5 Å². The highest BCUT2D eigenvalue weighted by molar-refractivity contribution is 7.70. The van der Waals surface area contributed by atoms with Crippen molar-refractivity contribution in [1.29, 1.82) is 0 Å². The number of carbonyl (C=O) groups excluding carboxylic acids is 2. The van der Waals surface area contributed by atoms with E-state index in [9.17, 15) is 18.7 Å². The van der Waals surface area contributed by atoms with Crippen molar-refractivity contribution in [2.24, 2.45) is 16.7 Å². The van der Waals surface area contributed by atoms with Crippen LogP contribution in [0.5, 0.6) is 0 Å². The molecule has 6 N–H and O–H groups in total. The first-order chi connectivity index (χ1) is 40.7. The highest BCUT2D eigenvalue weighted by atomic mass is 35.5. The Morgan fingerprint density at radius 3 is 1.57 bits per heavy atom. The van der Waals surface area contributed by atoms with Gasteiger partial charge in [-0.3, -0.25) is 4.79 Å². The Morgan fingerprint density at radius 1 is 0.609 bits per heavy atom. The monoisotopic (exact) mass is 1320 g/mol. The lowest BCUT2D eigenvalue weighted by atomic mass is 9.57. The Balaban J connectivity index is 0.000000188. The number of benzene rings is 4. The highest BCUT2D eigenvalue weighted by Crippen LogP contribution is 2.55. The maximum atomic E-state index is 12.8. The summed E-state index contributed by atoms with van der Waals surface area (Å²) in [7, 11) is -4.92. The molecule has 6 aromatic rings. The highest BCUT2D eigenvalue weighted by Gasteiger charge is 2.48. The summed E-state index contributed by atoms with van der Waals surface area (Å²) in [5, 5.41) is 16.1. The van der Waals surface area contributed by atoms with Crippen LogP contribution in [-0.4, -0.2) is 102 Å². The summed E-state index contributed by atoms with van der Waals surface area (Å²) >= 11 is 31.2. The predicted octanol–water partition coefficient (Wildman–Crippen LogP) is 16.2. The van der Waals surface area contributed by atoms with Gasteiger partial charge < -0.3 is 55.4 Å². The predicted molar refractivity (Wildman–Crippen MR) is 361 cm³/mol. The van der Waals surface area contributed by atoms with Gasteiger partial charge in [0.2, 0.25) is 11.2 Å². The van der Waals surface area contributed by atoms with Crippen LogP contribution >= 0.6 is 72.3 Å². The van der Waals surface area contributed by atoms with E-state index < -0.39 is 25.5 Å². The number of esters is 1. The summed E-state index contributed by atoms with van der Waals surface area (Å²) in [6.07, 6.45) is 11.9. The minimum absolute atomic E-state index is 0.0865. The fourth-order valence-corrected chi connectivity index (χ4v) is 15.1. The van der Waals surface area contributed by atoms with Crippen molar-refractivity contribution < 1.29 is 28.2 Å². The molecule has 24 heteroatoms. The SMILES string of the molecule is CC(C)(C)OC(=O)CC1CC2(CCN(c3ccc(Nc4ncc(Cl)c(Nc5ccccc5P(C)(C)=O)n4)cc3Cl)CC2)C1.CC(C)(C)OC(=O)NC1CC2(CCN(c3ccc(N)cc3Cl)CC2)C1.CP(C)(=O)c1ccccc1Nc1nc(Cl)ncc1Cl. The zero-order valence-corrected chi connectivity index (χ0v) is 56.6. The van der Waals surface area contributed by atoms with Crippen LogP contribution < -0.4 is 47.4 Å². The number of halogens is 5. The molecule has 17 nitrogen and oxygen atoms in total. The normalized spacial score (nSPS) is 17.3. The number of piperidine rings is 2. The standard InChI is InChI=1S/C32H40Cl2N5O3P.C19H28ClN3O2.C12H12Cl2N3OP/c1-31(2,3)42-28(40)16-21-18-32(19-21)12-14-39(15-13-32)26-11-10-22(17-23(26)33)36-30-35-20-24(34)29(38-30)37-25-8-6-7-9-27(25)43(4,5)41;1-18(2,3)25-17(24)22-14-11-19(12-14)6-8-23(9-7-19)16-5-4-13(21)10-15(16)20;1-19(2,18)10-6-4-3-5-9(10)16-11-8(13)7-15-12(14)17-11/h6-11,17,20-21H,12-16,18-19H2,1-5H3,(H2,35,36,37,38);4-5,10,14H,6-9,11-12,21H2,1-3H3,(H,22,24);3-7H,1-2H3,(H,15,16,17). The molecule has 0 bridgehead atoms. The van der Waals surface area contributed by atoms with Gasteiger partial charge in [0.05, 0.1) is 45.2 Å². The van der Waals surface area contributed by atoms with E-state index in [0.717, 1.165) is 105 Å². The van der Waals surface area contributed by atoms with Gasteiger partial charge in [-0.2, -0.15) is 9.97 Å². The third kappa shape index (κ3) is 18.8. The summed E-state index contributed by atoms with van der Waals surface area (Å²) in [5.74, 6) is 1.50. The molecule has 1 amide bonds. The third-order valence-electron chi connectivity index (χ3n) is 15.8. The molecule has 2 spiro atoms. The molecule has 87 heavy (non-hydrogen) atoms. The first kappa shape index (κ1) is 67.4. The first-order valence-electron chi connectivity index (χ1n) is 29.1. The number of ether oxygens (including phenoxy) is 2. The number of nitrogens with one attached hydrogen (secondary N) is 4. The van der Waals surface area contributed by atoms with Crippen LogP contribution in [0.15, 0.2) is 97.3 Å². The molecule has 10 rings (SSSR count). The number of nitrogen functional groups attached to an aromatic ring is 1. The number of nitrogens with zero attached hydrogens (tertiary/aromatic N) is 6. The van der Waals surface area contributed by atoms with Crippen LogP contribution in [0.25, 0.3) is 0 Å². The zero-order chi connectivity index (χ0) is 63.3. The van der Waals surface area contributed by atoms with E-state index in [1.165, 1.54) is 12.4 Å². The fourth-order valence-electron chi connectivity index (χ4n) is 11.8. The second kappa shape index (κ2) is 27.7. The Morgan fingerprint density at radius 2 is 1.08 bits per heavy atom. The second-order valence-electron chi connectivity index (χ2n) is 26.0. The van der Waals surface area contributed by atoms with Crippen LogP contribution in [0.2, 0.25) is 25.4 Å². The van der Waals surface area contributed by atoms with Gasteiger partial charge in [0.25, 0.3) is 0 Å². The number of rotatable bonds is 13. The molecule has 2 aliphatic heterocycles. The molecule has 0 unspecified atom stereocenters. The van der Waals surface area contributed by atoms with Gasteiger partial charge in [0.1, 0.15) is 35.5 Å². The number of hydrogen-bond donors (Lipinski definition) is 5. The molecule has 468 valence electrons. The summed E-state index contributed by atoms with van der Waals surface area (Å²) in [5.41, 5.74) is 10.5. The zero-order valence-electron chi connectivity index (χ0n) is 51.1. The Kier molecular flexibility index (Phi) is 21.5. The van der Waals surface area contributed by atoms with Gasteiger partial charge in [-0.15, -0.1) is 0 Å². The maximum absolute atomic E-state index is 12.8. The van der Waals surface area contributed by atoms with Crippen molar-refractivity contribution in [1.82, 2.24) is 25.3 Å². The van der Waals surface area contributed by atoms with Crippen molar-refractivity contribution in [2.45, 2.75) is 117 Å². The summed E-state index contributed by atoms with van der Waals surface area (Å²) in [6, 6.07) is 26.6. The number of nitrogens with two attached hydrogens (primary N) is 1. The molecule has 4 aliphatic rings. The number of hydrogen-bond acceptors (Lipinski definition) is 16. The number of anilines is 9. The van der Waals surface area contributed by atoms with Gasteiger partial charge in [0, 0.05) is 60.6 Å². The number of amides is 1. The van der Waals surface area contributed by atoms with E-state index in [1.54, 1.807) is 26.7 Å². The molecule has 0 atom stereocenters. The molecule has 2 aliphatic carbocycles. The first-order valence-corrected chi connectivity index (χ1v) is 36.2. The minimum atomic E-state index is -2.52. The van der Waals surface area contributed by atoms with Crippen molar-refractivity contribution in [3.8, 4) is 0 Å². The lowest BCUT2D eigenvalue weighted by molar-refractivity contribution is -0.158. The lowest BCUT2D eigenvalue weighted by Gasteiger charge is -2.52. The number of aromatic nitrogens is 4. The van der Waals surface area contributed by atoms with Crippen molar-refractivity contribution >= 4 is 147 Å². The molecule has 0 radical (unpaired) electrons. The molecule has 2 aromatic heterocycles. The van der Waals surface area contributed by atoms with Gasteiger partial charge in [-0.05, 0) is 209 Å². The Bertz CT molecular complexity index is 3530. The maximum Gasteiger partial charge on any atom is 0.407 e. The largest absolute Gasteiger partial charge is 0.460 e. The van der Waals surface area contributed by atoms with E-state index in [0.29, 0.717) is 77.9 Å². The van der Waals surface area contributed by atoms with Crippen LogP contribution in [0.3, 0.4) is 0 Å². The summed E-state index contributed by atoms with van der Waals surface area (Å²) in [4.78, 5) is 45.5. The van der Waals surface area contributed by atoms with E-state index in [-0.39, 0.29) is 23.4 Å². The van der Waals surface area contributed by atoms with E-state index in [4.69, 9.17) is 73.2 Å².